The first kappa shape index (κ1) is 10.1. The molecule has 2 N–H and O–H groups in total. The molecule has 0 fully saturated rings. The van der Waals surface area contributed by atoms with Gasteiger partial charge in [0.1, 0.15) is 0 Å². The van der Waals surface area contributed by atoms with Gasteiger partial charge in [-0.2, -0.15) is 0 Å². The predicted molar refractivity (Wildman–Crippen MR) is 50.3 cm³/mol. The highest BCUT2D eigenvalue weighted by atomic mass is 32.1. The Bertz CT molecular complexity index is 261. The molecule has 0 spiro atoms. The average Bonchev–Trinajstić information content (AvgIpc) is 2.65. The third kappa shape index (κ3) is 3.08. The highest BCUT2D eigenvalue weighted by Crippen LogP contribution is 1.96. The summed E-state index contributed by atoms with van der Waals surface area (Å²) in [4.78, 5) is 11.1. The summed E-state index contributed by atoms with van der Waals surface area (Å²) in [7, 11) is 1.62. The number of hydrogen-bond acceptors (Lipinski definition) is 5. The number of rotatable bonds is 4. The van der Waals surface area contributed by atoms with Crippen molar-refractivity contribution in [1.29, 1.82) is 0 Å². The van der Waals surface area contributed by atoms with E-state index in [9.17, 15) is 4.79 Å². The summed E-state index contributed by atoms with van der Waals surface area (Å²) in [5.74, 6) is -0.0248. The minimum atomic E-state index is -0.202. The molecular weight excluding hydrogens is 188 g/mol. The molecule has 1 aromatic heterocycles. The molecule has 0 bridgehead atoms. The standard InChI is InChI=1S/C7H12N4OS/c1-5(7(12)8-2)9-3-6-4-13-11-10-6/h4-5,9H,3H2,1-2H3,(H,8,12). The molecule has 1 heterocycles. The number of carbonyl (C=O) groups excluding carboxylic acids is 1. The molecule has 1 amide bonds. The van der Waals surface area contributed by atoms with Crippen molar-refractivity contribution in [1.82, 2.24) is 20.2 Å². The van der Waals surface area contributed by atoms with E-state index in [4.69, 9.17) is 0 Å². The quantitative estimate of drug-likeness (QED) is 0.704. The lowest BCUT2D eigenvalue weighted by Gasteiger charge is -2.10. The summed E-state index contributed by atoms with van der Waals surface area (Å²) in [6, 6.07) is -0.202. The number of hydrogen-bond donors (Lipinski definition) is 2. The zero-order valence-electron chi connectivity index (χ0n) is 7.57. The molecule has 0 saturated heterocycles. The second-order valence-corrected chi connectivity index (χ2v) is 3.22. The van der Waals surface area contributed by atoms with Crippen molar-refractivity contribution in [3.63, 3.8) is 0 Å². The monoisotopic (exact) mass is 200 g/mol. The number of carbonyl (C=O) groups is 1. The molecule has 5 nitrogen and oxygen atoms in total. The average molecular weight is 200 g/mol. The van der Waals surface area contributed by atoms with Crippen LogP contribution in [-0.4, -0.2) is 28.6 Å². The molecule has 6 heteroatoms. The highest BCUT2D eigenvalue weighted by Gasteiger charge is 2.09. The van der Waals surface area contributed by atoms with E-state index in [0.29, 0.717) is 6.54 Å². The first-order valence-electron chi connectivity index (χ1n) is 3.95. The van der Waals surface area contributed by atoms with Gasteiger partial charge in [-0.3, -0.25) is 4.79 Å². The maximum atomic E-state index is 11.1. The molecule has 1 unspecified atom stereocenters. The van der Waals surface area contributed by atoms with Crippen molar-refractivity contribution in [3.8, 4) is 0 Å². The van der Waals surface area contributed by atoms with Crippen LogP contribution in [0.25, 0.3) is 0 Å². The first-order chi connectivity index (χ1) is 6.24. The lowest BCUT2D eigenvalue weighted by Crippen LogP contribution is -2.40. The summed E-state index contributed by atoms with van der Waals surface area (Å²) in [6.45, 7) is 2.38. The van der Waals surface area contributed by atoms with E-state index in [1.54, 1.807) is 14.0 Å². The summed E-state index contributed by atoms with van der Waals surface area (Å²) in [5, 5.41) is 11.3. The lowest BCUT2D eigenvalue weighted by atomic mass is 10.3. The molecule has 0 radical (unpaired) electrons. The van der Waals surface area contributed by atoms with E-state index in [-0.39, 0.29) is 11.9 Å². The molecule has 72 valence electrons. The molecule has 0 aliphatic rings. The van der Waals surface area contributed by atoms with Crippen LogP contribution in [0.5, 0.6) is 0 Å². The van der Waals surface area contributed by atoms with E-state index in [1.807, 2.05) is 5.38 Å². The summed E-state index contributed by atoms with van der Waals surface area (Å²) in [6.07, 6.45) is 0. The highest BCUT2D eigenvalue weighted by molar-refractivity contribution is 7.03. The van der Waals surface area contributed by atoms with E-state index in [0.717, 1.165) is 5.69 Å². The molecule has 0 aliphatic carbocycles. The van der Waals surface area contributed by atoms with Crippen LogP contribution in [0.4, 0.5) is 0 Å². The Kier molecular flexibility index (Phi) is 3.78. The van der Waals surface area contributed by atoms with Crippen LogP contribution in [0.15, 0.2) is 5.38 Å². The van der Waals surface area contributed by atoms with Gasteiger partial charge in [0.05, 0.1) is 11.7 Å². The fourth-order valence-electron chi connectivity index (χ4n) is 0.828. The Morgan fingerprint density at radius 3 is 3.08 bits per heavy atom. The van der Waals surface area contributed by atoms with Gasteiger partial charge in [0, 0.05) is 19.0 Å². The number of nitrogens with zero attached hydrogens (tertiary/aromatic N) is 2. The predicted octanol–water partition coefficient (Wildman–Crippen LogP) is -0.238. The lowest BCUT2D eigenvalue weighted by molar-refractivity contribution is -0.122. The third-order valence-electron chi connectivity index (χ3n) is 1.63. The molecule has 1 rings (SSSR count). The first-order valence-corrected chi connectivity index (χ1v) is 4.78. The van der Waals surface area contributed by atoms with E-state index in [2.05, 4.69) is 20.2 Å². The Labute approximate surface area is 80.7 Å². The van der Waals surface area contributed by atoms with Crippen molar-refractivity contribution >= 4 is 17.4 Å². The maximum absolute atomic E-state index is 11.1. The van der Waals surface area contributed by atoms with Crippen LogP contribution in [-0.2, 0) is 11.3 Å². The molecule has 0 aliphatic heterocycles. The van der Waals surface area contributed by atoms with E-state index < -0.39 is 0 Å². The van der Waals surface area contributed by atoms with Gasteiger partial charge >= 0.3 is 0 Å². The van der Waals surface area contributed by atoms with Gasteiger partial charge in [-0.05, 0) is 18.5 Å². The van der Waals surface area contributed by atoms with Crippen molar-refractivity contribution in [2.75, 3.05) is 7.05 Å². The van der Waals surface area contributed by atoms with Gasteiger partial charge in [-0.1, -0.05) is 4.49 Å². The topological polar surface area (TPSA) is 66.9 Å². The smallest absolute Gasteiger partial charge is 0.236 e. The number of aromatic nitrogens is 2. The number of likely N-dealkylation sites (N-methyl/N-ethyl adjacent to an activating group) is 1. The van der Waals surface area contributed by atoms with Crippen LogP contribution in [0.3, 0.4) is 0 Å². The van der Waals surface area contributed by atoms with Crippen LogP contribution in [0, 0.1) is 0 Å². The van der Waals surface area contributed by atoms with Gasteiger partial charge < -0.3 is 10.6 Å². The largest absolute Gasteiger partial charge is 0.358 e. The van der Waals surface area contributed by atoms with Crippen LogP contribution < -0.4 is 10.6 Å². The van der Waals surface area contributed by atoms with Gasteiger partial charge in [0.2, 0.25) is 5.91 Å². The number of nitrogens with one attached hydrogen (secondary N) is 2. The van der Waals surface area contributed by atoms with Gasteiger partial charge in [-0.15, -0.1) is 5.10 Å². The van der Waals surface area contributed by atoms with Crippen molar-refractivity contribution < 1.29 is 4.79 Å². The molecule has 13 heavy (non-hydrogen) atoms. The fourth-order valence-corrected chi connectivity index (χ4v) is 1.28. The molecule has 0 aromatic carbocycles. The van der Waals surface area contributed by atoms with E-state index >= 15 is 0 Å². The SMILES string of the molecule is CNC(=O)C(C)NCc1csnn1. The zero-order chi connectivity index (χ0) is 9.68. The Morgan fingerprint density at radius 2 is 2.54 bits per heavy atom. The Morgan fingerprint density at radius 1 is 1.77 bits per heavy atom. The van der Waals surface area contributed by atoms with Gasteiger partial charge in [-0.25, -0.2) is 0 Å². The minimum absolute atomic E-state index is 0.0248. The zero-order valence-corrected chi connectivity index (χ0v) is 8.39. The van der Waals surface area contributed by atoms with Crippen molar-refractivity contribution in [2.45, 2.75) is 19.5 Å². The van der Waals surface area contributed by atoms with Crippen LogP contribution in [0.2, 0.25) is 0 Å². The van der Waals surface area contributed by atoms with Crippen LogP contribution in [0.1, 0.15) is 12.6 Å². The van der Waals surface area contributed by atoms with Gasteiger partial charge in [0.15, 0.2) is 0 Å². The van der Waals surface area contributed by atoms with Crippen molar-refractivity contribution in [3.05, 3.63) is 11.1 Å². The Hall–Kier alpha value is -1.01. The summed E-state index contributed by atoms with van der Waals surface area (Å²) < 4.78 is 3.72. The van der Waals surface area contributed by atoms with Crippen LogP contribution >= 0.6 is 11.5 Å². The third-order valence-corrected chi connectivity index (χ3v) is 2.19. The van der Waals surface area contributed by atoms with E-state index in [1.165, 1.54) is 11.5 Å². The molecular formula is C7H12N4OS. The molecule has 0 saturated carbocycles. The maximum Gasteiger partial charge on any atom is 0.236 e. The summed E-state index contributed by atoms with van der Waals surface area (Å²) >= 11 is 1.30. The molecule has 1 atom stereocenters. The normalized spacial score (nSPS) is 12.5. The minimum Gasteiger partial charge on any atom is -0.358 e. The summed E-state index contributed by atoms with van der Waals surface area (Å²) in [5.41, 5.74) is 0.862. The second kappa shape index (κ2) is 4.88. The Balaban J connectivity index is 2.30. The van der Waals surface area contributed by atoms with Crippen molar-refractivity contribution in [2.24, 2.45) is 0 Å². The second-order valence-electron chi connectivity index (χ2n) is 2.61. The van der Waals surface area contributed by atoms with Gasteiger partial charge in [0.25, 0.3) is 0 Å². The fraction of sp³-hybridized carbons (Fsp3) is 0.571. The molecule has 1 aromatic rings. The number of amides is 1.